The Balaban J connectivity index is 2.32. The molecule has 5 heteroatoms. The number of ether oxygens (including phenoxy) is 1. The Bertz CT molecular complexity index is 572. The van der Waals surface area contributed by atoms with Crippen LogP contribution >= 0.6 is 15.9 Å². The van der Waals surface area contributed by atoms with Crippen LogP contribution < -0.4 is 10.1 Å². The molecule has 0 aliphatic heterocycles. The number of rotatable bonds is 4. The van der Waals surface area contributed by atoms with Gasteiger partial charge in [-0.3, -0.25) is 0 Å². The molecule has 1 aromatic carbocycles. The summed E-state index contributed by atoms with van der Waals surface area (Å²) in [7, 11) is 1.65. The molecule has 1 heterocycles. The third kappa shape index (κ3) is 3.44. The third-order valence-corrected chi connectivity index (χ3v) is 3.00. The molecule has 2 rings (SSSR count). The van der Waals surface area contributed by atoms with Crippen LogP contribution in [-0.2, 0) is 0 Å². The highest BCUT2D eigenvalue weighted by molar-refractivity contribution is 9.10. The van der Waals surface area contributed by atoms with Crippen molar-refractivity contribution in [2.45, 2.75) is 19.8 Å². The quantitative estimate of drug-likeness (QED) is 0.861. The van der Waals surface area contributed by atoms with E-state index in [1.54, 1.807) is 7.11 Å². The van der Waals surface area contributed by atoms with Crippen molar-refractivity contribution in [1.29, 1.82) is 0 Å². The van der Waals surface area contributed by atoms with Gasteiger partial charge in [0.1, 0.15) is 22.0 Å². The minimum atomic E-state index is 0.274. The summed E-state index contributed by atoms with van der Waals surface area (Å²) < 4.78 is 6.08. The Morgan fingerprint density at radius 3 is 2.63 bits per heavy atom. The zero-order valence-electron chi connectivity index (χ0n) is 11.1. The van der Waals surface area contributed by atoms with E-state index in [1.807, 2.05) is 30.3 Å². The standard InChI is InChI=1S/C14H16BrN3O/c1-9(2)14-17-12(15)8-13(18-14)16-10-6-4-5-7-11(10)19-3/h4-9H,1-3H3,(H,16,17,18). The summed E-state index contributed by atoms with van der Waals surface area (Å²) in [6, 6.07) is 9.58. The number of halogens is 1. The van der Waals surface area contributed by atoms with Crippen molar-refractivity contribution >= 4 is 27.4 Å². The Morgan fingerprint density at radius 1 is 1.21 bits per heavy atom. The van der Waals surface area contributed by atoms with Crippen LogP contribution in [0.1, 0.15) is 25.6 Å². The number of hydrogen-bond acceptors (Lipinski definition) is 4. The zero-order valence-corrected chi connectivity index (χ0v) is 12.7. The molecule has 1 N–H and O–H groups in total. The molecular weight excluding hydrogens is 306 g/mol. The van der Waals surface area contributed by atoms with E-state index in [9.17, 15) is 0 Å². The van der Waals surface area contributed by atoms with Crippen LogP contribution in [0.3, 0.4) is 0 Å². The van der Waals surface area contributed by atoms with E-state index >= 15 is 0 Å². The monoisotopic (exact) mass is 321 g/mol. The molecule has 100 valence electrons. The Kier molecular flexibility index (Phi) is 4.37. The zero-order chi connectivity index (χ0) is 13.8. The van der Waals surface area contributed by atoms with Crippen LogP contribution in [0, 0.1) is 0 Å². The Hall–Kier alpha value is -1.62. The second-order valence-electron chi connectivity index (χ2n) is 4.41. The Labute approximate surface area is 121 Å². The molecule has 0 aliphatic rings. The molecule has 0 saturated heterocycles. The SMILES string of the molecule is COc1ccccc1Nc1cc(Br)nc(C(C)C)n1. The van der Waals surface area contributed by atoms with Crippen LogP contribution in [0.15, 0.2) is 34.9 Å². The van der Waals surface area contributed by atoms with Crippen molar-refractivity contribution in [3.63, 3.8) is 0 Å². The fourth-order valence-corrected chi connectivity index (χ4v) is 2.04. The number of para-hydroxylation sites is 2. The molecule has 0 saturated carbocycles. The van der Waals surface area contributed by atoms with Gasteiger partial charge in [-0.05, 0) is 28.1 Å². The van der Waals surface area contributed by atoms with Gasteiger partial charge in [-0.1, -0.05) is 26.0 Å². The maximum absolute atomic E-state index is 5.31. The molecule has 0 atom stereocenters. The lowest BCUT2D eigenvalue weighted by atomic mass is 10.2. The molecule has 0 radical (unpaired) electrons. The number of aromatic nitrogens is 2. The summed E-state index contributed by atoms with van der Waals surface area (Å²) in [5.74, 6) is 2.60. The van der Waals surface area contributed by atoms with Gasteiger partial charge in [0.25, 0.3) is 0 Å². The summed E-state index contributed by atoms with van der Waals surface area (Å²) >= 11 is 3.41. The van der Waals surface area contributed by atoms with E-state index in [2.05, 4.69) is 45.1 Å². The van der Waals surface area contributed by atoms with E-state index in [1.165, 1.54) is 0 Å². The normalized spacial score (nSPS) is 10.6. The van der Waals surface area contributed by atoms with Gasteiger partial charge in [0.05, 0.1) is 12.8 Å². The average molecular weight is 322 g/mol. The number of anilines is 2. The molecule has 2 aromatic rings. The van der Waals surface area contributed by atoms with Crippen molar-refractivity contribution in [3.05, 3.63) is 40.8 Å². The first-order valence-corrected chi connectivity index (χ1v) is 6.84. The van der Waals surface area contributed by atoms with Gasteiger partial charge in [-0.25, -0.2) is 9.97 Å². The molecule has 4 nitrogen and oxygen atoms in total. The molecule has 0 spiro atoms. The van der Waals surface area contributed by atoms with Crippen LogP contribution in [0.5, 0.6) is 5.75 Å². The molecule has 0 amide bonds. The van der Waals surface area contributed by atoms with E-state index in [4.69, 9.17) is 4.74 Å². The number of benzene rings is 1. The van der Waals surface area contributed by atoms with Gasteiger partial charge in [0.15, 0.2) is 0 Å². The van der Waals surface area contributed by atoms with Gasteiger partial charge in [-0.15, -0.1) is 0 Å². The fraction of sp³-hybridized carbons (Fsp3) is 0.286. The first-order valence-electron chi connectivity index (χ1n) is 6.04. The third-order valence-electron chi connectivity index (χ3n) is 2.60. The van der Waals surface area contributed by atoms with Gasteiger partial charge in [0.2, 0.25) is 0 Å². The maximum Gasteiger partial charge on any atom is 0.142 e. The molecular formula is C14H16BrN3O. The molecule has 0 fully saturated rings. The summed E-state index contributed by atoms with van der Waals surface area (Å²) in [5.41, 5.74) is 0.880. The predicted molar refractivity (Wildman–Crippen MR) is 80.1 cm³/mol. The van der Waals surface area contributed by atoms with Gasteiger partial charge >= 0.3 is 0 Å². The lowest BCUT2D eigenvalue weighted by molar-refractivity contribution is 0.417. The lowest BCUT2D eigenvalue weighted by Gasteiger charge is -2.12. The second kappa shape index (κ2) is 6.02. The maximum atomic E-state index is 5.31. The lowest BCUT2D eigenvalue weighted by Crippen LogP contribution is -2.03. The van der Waals surface area contributed by atoms with E-state index < -0.39 is 0 Å². The van der Waals surface area contributed by atoms with Crippen molar-refractivity contribution in [2.24, 2.45) is 0 Å². The van der Waals surface area contributed by atoms with Gasteiger partial charge < -0.3 is 10.1 Å². The first-order chi connectivity index (χ1) is 9.10. The number of nitrogens with one attached hydrogen (secondary N) is 1. The average Bonchev–Trinajstić information content (AvgIpc) is 2.38. The van der Waals surface area contributed by atoms with Crippen molar-refractivity contribution in [3.8, 4) is 5.75 Å². The van der Waals surface area contributed by atoms with Crippen molar-refractivity contribution < 1.29 is 4.74 Å². The molecule has 0 bridgehead atoms. The summed E-state index contributed by atoms with van der Waals surface area (Å²) in [6.07, 6.45) is 0. The van der Waals surface area contributed by atoms with E-state index in [0.717, 1.165) is 27.7 Å². The smallest absolute Gasteiger partial charge is 0.142 e. The molecule has 0 aliphatic carbocycles. The van der Waals surface area contributed by atoms with Gasteiger partial charge in [0, 0.05) is 12.0 Å². The van der Waals surface area contributed by atoms with Crippen molar-refractivity contribution in [2.75, 3.05) is 12.4 Å². The van der Waals surface area contributed by atoms with Crippen LogP contribution in [0.2, 0.25) is 0 Å². The highest BCUT2D eigenvalue weighted by Gasteiger charge is 2.08. The number of methoxy groups -OCH3 is 1. The topological polar surface area (TPSA) is 47.0 Å². The Morgan fingerprint density at radius 2 is 1.95 bits per heavy atom. The minimum absolute atomic E-state index is 0.274. The van der Waals surface area contributed by atoms with E-state index in [0.29, 0.717) is 0 Å². The summed E-state index contributed by atoms with van der Waals surface area (Å²) in [6.45, 7) is 4.13. The van der Waals surface area contributed by atoms with Crippen LogP contribution in [-0.4, -0.2) is 17.1 Å². The first kappa shape index (κ1) is 13.8. The highest BCUT2D eigenvalue weighted by atomic mass is 79.9. The van der Waals surface area contributed by atoms with Crippen LogP contribution in [0.25, 0.3) is 0 Å². The predicted octanol–water partition coefficient (Wildman–Crippen LogP) is 4.11. The van der Waals surface area contributed by atoms with Crippen molar-refractivity contribution in [1.82, 2.24) is 9.97 Å². The minimum Gasteiger partial charge on any atom is -0.495 e. The van der Waals surface area contributed by atoms with Gasteiger partial charge in [-0.2, -0.15) is 0 Å². The molecule has 1 aromatic heterocycles. The summed E-state index contributed by atoms with van der Waals surface area (Å²) in [4.78, 5) is 8.85. The number of hydrogen-bond donors (Lipinski definition) is 1. The van der Waals surface area contributed by atoms with Crippen LogP contribution in [0.4, 0.5) is 11.5 Å². The largest absolute Gasteiger partial charge is 0.495 e. The number of nitrogens with zero attached hydrogens (tertiary/aromatic N) is 2. The highest BCUT2D eigenvalue weighted by Crippen LogP contribution is 2.27. The molecule has 19 heavy (non-hydrogen) atoms. The summed E-state index contributed by atoms with van der Waals surface area (Å²) in [5, 5.41) is 3.25. The molecule has 0 unspecified atom stereocenters. The second-order valence-corrected chi connectivity index (χ2v) is 5.23. The fourth-order valence-electron chi connectivity index (χ4n) is 1.64. The van der Waals surface area contributed by atoms with E-state index in [-0.39, 0.29) is 5.92 Å².